The maximum Gasteiger partial charge on any atom is 0.409 e. The van der Waals surface area contributed by atoms with Crippen molar-refractivity contribution in [3.8, 4) is 0 Å². The van der Waals surface area contributed by atoms with Crippen molar-refractivity contribution in [1.29, 1.82) is 0 Å². The standard InChI is InChI=1S/C14H20N4O4/c1-14(2,3)22-13(19)16-12-5-4-6-17(12)10-7-11(18(20)21)9-15-8-10/h7-9,12H,4-6H2,1-3H3,(H,16,19). The molecule has 1 atom stereocenters. The van der Waals surface area contributed by atoms with Crippen molar-refractivity contribution in [3.05, 3.63) is 28.6 Å². The highest BCUT2D eigenvalue weighted by atomic mass is 16.6. The van der Waals surface area contributed by atoms with Crippen LogP contribution in [0, 0.1) is 10.1 Å². The second-order valence-electron chi connectivity index (χ2n) is 6.16. The summed E-state index contributed by atoms with van der Waals surface area (Å²) in [4.78, 5) is 28.0. The molecule has 0 saturated carbocycles. The van der Waals surface area contributed by atoms with Gasteiger partial charge in [-0.15, -0.1) is 0 Å². The topological polar surface area (TPSA) is 97.6 Å². The fraction of sp³-hybridized carbons (Fsp3) is 0.571. The van der Waals surface area contributed by atoms with Crippen molar-refractivity contribution in [2.45, 2.75) is 45.4 Å². The van der Waals surface area contributed by atoms with Gasteiger partial charge in [-0.2, -0.15) is 0 Å². The van der Waals surface area contributed by atoms with Crippen LogP contribution in [0.4, 0.5) is 16.2 Å². The number of carbonyl (C=O) groups is 1. The lowest BCUT2D eigenvalue weighted by Crippen LogP contribution is -2.46. The molecule has 2 rings (SSSR count). The Morgan fingerprint density at radius 3 is 2.86 bits per heavy atom. The first-order valence-electron chi connectivity index (χ1n) is 7.12. The minimum Gasteiger partial charge on any atom is -0.444 e. The maximum absolute atomic E-state index is 11.9. The highest BCUT2D eigenvalue weighted by molar-refractivity contribution is 5.69. The van der Waals surface area contributed by atoms with E-state index in [0.717, 1.165) is 12.8 Å². The molecule has 1 aromatic rings. The zero-order chi connectivity index (χ0) is 16.3. The molecule has 1 aromatic heterocycles. The third-order valence-corrected chi connectivity index (χ3v) is 3.19. The molecular weight excluding hydrogens is 288 g/mol. The second-order valence-corrected chi connectivity index (χ2v) is 6.16. The van der Waals surface area contributed by atoms with Gasteiger partial charge in [0.25, 0.3) is 5.69 Å². The fourth-order valence-corrected chi connectivity index (χ4v) is 2.34. The number of nitro groups is 1. The lowest BCUT2D eigenvalue weighted by atomic mass is 10.2. The number of amides is 1. The van der Waals surface area contributed by atoms with Gasteiger partial charge in [-0.1, -0.05) is 0 Å². The number of hydrogen-bond acceptors (Lipinski definition) is 6. The molecule has 1 fully saturated rings. The van der Waals surface area contributed by atoms with E-state index in [4.69, 9.17) is 4.74 Å². The molecule has 1 unspecified atom stereocenters. The van der Waals surface area contributed by atoms with Crippen LogP contribution in [-0.2, 0) is 4.74 Å². The van der Waals surface area contributed by atoms with Gasteiger partial charge >= 0.3 is 6.09 Å². The van der Waals surface area contributed by atoms with E-state index in [1.807, 2.05) is 4.90 Å². The van der Waals surface area contributed by atoms with Crippen molar-refractivity contribution in [2.75, 3.05) is 11.4 Å². The molecule has 22 heavy (non-hydrogen) atoms. The van der Waals surface area contributed by atoms with Gasteiger partial charge < -0.3 is 15.0 Å². The van der Waals surface area contributed by atoms with Crippen LogP contribution < -0.4 is 10.2 Å². The van der Waals surface area contributed by atoms with E-state index in [1.54, 1.807) is 27.0 Å². The zero-order valence-corrected chi connectivity index (χ0v) is 12.9. The van der Waals surface area contributed by atoms with E-state index in [0.29, 0.717) is 12.2 Å². The molecule has 0 radical (unpaired) electrons. The first-order chi connectivity index (χ1) is 10.3. The normalized spacial score (nSPS) is 18.1. The van der Waals surface area contributed by atoms with Gasteiger partial charge in [0, 0.05) is 12.6 Å². The number of carbonyl (C=O) groups excluding carboxylic acids is 1. The third kappa shape index (κ3) is 4.06. The first-order valence-corrected chi connectivity index (χ1v) is 7.12. The van der Waals surface area contributed by atoms with E-state index in [1.165, 1.54) is 12.3 Å². The van der Waals surface area contributed by atoms with Crippen molar-refractivity contribution < 1.29 is 14.5 Å². The molecule has 2 heterocycles. The van der Waals surface area contributed by atoms with E-state index in [2.05, 4.69) is 10.3 Å². The Hall–Kier alpha value is -2.38. The van der Waals surface area contributed by atoms with Crippen LogP contribution in [0.2, 0.25) is 0 Å². The number of rotatable bonds is 3. The predicted molar refractivity (Wildman–Crippen MR) is 80.6 cm³/mol. The highest BCUT2D eigenvalue weighted by Gasteiger charge is 2.29. The van der Waals surface area contributed by atoms with Gasteiger partial charge in [0.05, 0.1) is 16.8 Å². The van der Waals surface area contributed by atoms with Crippen molar-refractivity contribution in [3.63, 3.8) is 0 Å². The van der Waals surface area contributed by atoms with Gasteiger partial charge in [-0.25, -0.2) is 4.79 Å². The van der Waals surface area contributed by atoms with Crippen LogP contribution in [-0.4, -0.2) is 34.3 Å². The molecule has 1 aliphatic rings. The Kier molecular flexibility index (Phi) is 4.48. The predicted octanol–water partition coefficient (Wildman–Crippen LogP) is 2.44. The Morgan fingerprint density at radius 1 is 1.50 bits per heavy atom. The molecule has 0 bridgehead atoms. The van der Waals surface area contributed by atoms with Gasteiger partial charge in [-0.05, 0) is 33.6 Å². The molecule has 0 aliphatic carbocycles. The SMILES string of the molecule is CC(C)(C)OC(=O)NC1CCCN1c1cncc([N+](=O)[O-])c1. The summed E-state index contributed by atoms with van der Waals surface area (Å²) < 4.78 is 5.25. The van der Waals surface area contributed by atoms with E-state index in [-0.39, 0.29) is 11.9 Å². The lowest BCUT2D eigenvalue weighted by molar-refractivity contribution is -0.385. The van der Waals surface area contributed by atoms with E-state index >= 15 is 0 Å². The van der Waals surface area contributed by atoms with Gasteiger partial charge in [0.1, 0.15) is 18.0 Å². The Bertz CT molecular complexity index is 570. The smallest absolute Gasteiger partial charge is 0.409 e. The number of pyridine rings is 1. The Balaban J connectivity index is 2.09. The van der Waals surface area contributed by atoms with Crippen LogP contribution in [0.1, 0.15) is 33.6 Å². The number of nitrogens with one attached hydrogen (secondary N) is 1. The Morgan fingerprint density at radius 2 is 2.23 bits per heavy atom. The molecule has 1 saturated heterocycles. The molecular formula is C14H20N4O4. The molecule has 1 N–H and O–H groups in total. The summed E-state index contributed by atoms with van der Waals surface area (Å²) in [6.45, 7) is 6.08. The van der Waals surface area contributed by atoms with Crippen molar-refractivity contribution >= 4 is 17.5 Å². The van der Waals surface area contributed by atoms with Crippen molar-refractivity contribution in [2.24, 2.45) is 0 Å². The number of ether oxygens (including phenoxy) is 1. The summed E-state index contributed by atoms with van der Waals surface area (Å²) in [7, 11) is 0. The molecule has 1 aliphatic heterocycles. The average molecular weight is 308 g/mol. The summed E-state index contributed by atoms with van der Waals surface area (Å²) in [6.07, 6.45) is 3.64. The first kappa shape index (κ1) is 16.0. The van der Waals surface area contributed by atoms with Crippen LogP contribution in [0.3, 0.4) is 0 Å². The number of anilines is 1. The molecule has 0 aromatic carbocycles. The maximum atomic E-state index is 11.9. The summed E-state index contributed by atoms with van der Waals surface area (Å²) in [5, 5.41) is 13.6. The number of aromatic nitrogens is 1. The number of nitrogens with zero attached hydrogens (tertiary/aromatic N) is 3. The summed E-state index contributed by atoms with van der Waals surface area (Å²) in [5.74, 6) is 0. The minimum atomic E-state index is -0.569. The molecule has 8 heteroatoms. The summed E-state index contributed by atoms with van der Waals surface area (Å²) in [5.41, 5.74) is -0.0196. The third-order valence-electron chi connectivity index (χ3n) is 3.19. The van der Waals surface area contributed by atoms with E-state index < -0.39 is 16.6 Å². The molecule has 1 amide bonds. The monoisotopic (exact) mass is 308 g/mol. The quantitative estimate of drug-likeness (QED) is 0.680. The molecule has 0 spiro atoms. The van der Waals surface area contributed by atoms with Gasteiger partial charge in [0.15, 0.2) is 0 Å². The zero-order valence-electron chi connectivity index (χ0n) is 12.9. The van der Waals surface area contributed by atoms with Crippen LogP contribution in [0.25, 0.3) is 0 Å². The van der Waals surface area contributed by atoms with Crippen LogP contribution in [0.5, 0.6) is 0 Å². The largest absolute Gasteiger partial charge is 0.444 e. The minimum absolute atomic E-state index is 0.0691. The van der Waals surface area contributed by atoms with Crippen LogP contribution >= 0.6 is 0 Å². The average Bonchev–Trinajstić information content (AvgIpc) is 2.84. The number of alkyl carbamates (subject to hydrolysis) is 1. The molecule has 8 nitrogen and oxygen atoms in total. The Labute approximate surface area is 128 Å². The lowest BCUT2D eigenvalue weighted by Gasteiger charge is -2.28. The fourth-order valence-electron chi connectivity index (χ4n) is 2.34. The van der Waals surface area contributed by atoms with Crippen molar-refractivity contribution in [1.82, 2.24) is 10.3 Å². The van der Waals surface area contributed by atoms with Gasteiger partial charge in [-0.3, -0.25) is 15.1 Å². The second kappa shape index (κ2) is 6.17. The summed E-state index contributed by atoms with van der Waals surface area (Å²) >= 11 is 0. The highest BCUT2D eigenvalue weighted by Crippen LogP contribution is 2.26. The molecule has 120 valence electrons. The van der Waals surface area contributed by atoms with E-state index in [9.17, 15) is 14.9 Å². The van der Waals surface area contributed by atoms with Crippen LogP contribution in [0.15, 0.2) is 18.5 Å². The summed E-state index contributed by atoms with van der Waals surface area (Å²) in [6, 6.07) is 1.46. The van der Waals surface area contributed by atoms with Gasteiger partial charge in [0.2, 0.25) is 0 Å². The number of hydrogen-bond donors (Lipinski definition) is 1.